The highest BCUT2D eigenvalue weighted by Crippen LogP contribution is 2.17. The first kappa shape index (κ1) is 17.5. The molecule has 0 saturated carbocycles. The van der Waals surface area contributed by atoms with Crippen molar-refractivity contribution in [2.75, 3.05) is 10.6 Å². The minimum Gasteiger partial charge on any atom is -0.321 e. The second-order valence-corrected chi connectivity index (χ2v) is 6.38. The average molecular weight is 370 g/mol. The summed E-state index contributed by atoms with van der Waals surface area (Å²) in [6, 6.07) is 22.0. The number of carbonyl (C=O) groups is 2. The Morgan fingerprint density at radius 1 is 0.786 bits per heavy atom. The lowest BCUT2D eigenvalue weighted by Crippen LogP contribution is -2.16. The number of nitrogens with zero attached hydrogens (tertiary/aromatic N) is 2. The molecule has 2 aromatic carbocycles. The van der Waals surface area contributed by atoms with Crippen LogP contribution in [0.25, 0.3) is 5.52 Å². The van der Waals surface area contributed by atoms with E-state index in [1.807, 2.05) is 49.4 Å². The first-order valence-corrected chi connectivity index (χ1v) is 8.83. The van der Waals surface area contributed by atoms with E-state index in [9.17, 15) is 9.59 Å². The molecule has 6 heteroatoms. The van der Waals surface area contributed by atoms with Gasteiger partial charge in [-0.2, -0.15) is 0 Å². The summed E-state index contributed by atoms with van der Waals surface area (Å²) in [5.74, 6) is -0.609. The van der Waals surface area contributed by atoms with Crippen molar-refractivity contribution in [3.8, 4) is 0 Å². The Hall–Kier alpha value is -3.93. The van der Waals surface area contributed by atoms with Crippen molar-refractivity contribution in [3.05, 3.63) is 96.1 Å². The van der Waals surface area contributed by atoms with Crippen LogP contribution in [0.1, 0.15) is 26.7 Å². The number of carbonyl (C=O) groups excluding carboxylic acids is 2. The molecule has 2 aromatic heterocycles. The van der Waals surface area contributed by atoms with Crippen LogP contribution in [0.3, 0.4) is 0 Å². The summed E-state index contributed by atoms with van der Waals surface area (Å²) in [6.45, 7) is 1.98. The van der Waals surface area contributed by atoms with E-state index in [1.54, 1.807) is 40.9 Å². The lowest BCUT2D eigenvalue weighted by molar-refractivity contribution is 0.101. The standard InChI is InChI=1S/C22H18N4O2/c1-15-10-12-17(13-11-15)24-22(28)20-25-19(18-9-5-6-14-26(18)20)21(27)23-16-7-3-2-4-8-16/h2-14H,1H3,(H,23,27)(H,24,28). The molecule has 4 aromatic rings. The van der Waals surface area contributed by atoms with Gasteiger partial charge in [-0.15, -0.1) is 0 Å². The Kier molecular flexibility index (Phi) is 4.60. The summed E-state index contributed by atoms with van der Waals surface area (Å²) >= 11 is 0. The number of imidazole rings is 1. The van der Waals surface area contributed by atoms with Gasteiger partial charge in [-0.1, -0.05) is 42.0 Å². The minimum absolute atomic E-state index is 0.148. The molecular formula is C22H18N4O2. The highest BCUT2D eigenvalue weighted by molar-refractivity contribution is 6.10. The summed E-state index contributed by atoms with van der Waals surface area (Å²) in [5.41, 5.74) is 3.18. The quantitative estimate of drug-likeness (QED) is 0.567. The molecule has 0 aliphatic heterocycles. The van der Waals surface area contributed by atoms with E-state index >= 15 is 0 Å². The Bertz CT molecular complexity index is 1150. The first-order valence-electron chi connectivity index (χ1n) is 8.83. The van der Waals surface area contributed by atoms with Crippen LogP contribution in [-0.4, -0.2) is 21.2 Å². The van der Waals surface area contributed by atoms with E-state index in [2.05, 4.69) is 15.6 Å². The number of aryl methyl sites for hydroxylation is 1. The van der Waals surface area contributed by atoms with E-state index in [1.165, 1.54) is 0 Å². The van der Waals surface area contributed by atoms with Gasteiger partial charge in [-0.25, -0.2) is 4.98 Å². The molecule has 0 fully saturated rings. The van der Waals surface area contributed by atoms with Gasteiger partial charge in [0.05, 0.1) is 5.52 Å². The minimum atomic E-state index is -0.385. The van der Waals surface area contributed by atoms with Crippen molar-refractivity contribution >= 4 is 28.7 Å². The number of para-hydroxylation sites is 1. The number of fused-ring (bicyclic) bond motifs is 1. The third-order valence-electron chi connectivity index (χ3n) is 4.31. The molecule has 0 atom stereocenters. The van der Waals surface area contributed by atoms with Gasteiger partial charge in [-0.3, -0.25) is 14.0 Å². The Morgan fingerprint density at radius 2 is 1.43 bits per heavy atom. The Labute approximate surface area is 161 Å². The summed E-state index contributed by atoms with van der Waals surface area (Å²) in [7, 11) is 0. The van der Waals surface area contributed by atoms with E-state index in [0.717, 1.165) is 5.56 Å². The molecule has 2 N–H and O–H groups in total. The molecule has 2 amide bonds. The van der Waals surface area contributed by atoms with Crippen LogP contribution in [0.5, 0.6) is 0 Å². The molecule has 0 spiro atoms. The zero-order valence-electron chi connectivity index (χ0n) is 15.2. The number of anilines is 2. The van der Waals surface area contributed by atoms with E-state index < -0.39 is 0 Å². The van der Waals surface area contributed by atoms with Gasteiger partial charge < -0.3 is 10.6 Å². The van der Waals surface area contributed by atoms with Crippen LogP contribution < -0.4 is 10.6 Å². The molecule has 4 rings (SSSR count). The maximum atomic E-state index is 12.8. The SMILES string of the molecule is Cc1ccc(NC(=O)c2nc(C(=O)Nc3ccccc3)c3ccccn23)cc1. The molecule has 0 bridgehead atoms. The summed E-state index contributed by atoms with van der Waals surface area (Å²) in [4.78, 5) is 29.9. The predicted molar refractivity (Wildman–Crippen MR) is 109 cm³/mol. The summed E-state index contributed by atoms with van der Waals surface area (Å²) < 4.78 is 1.61. The number of pyridine rings is 1. The van der Waals surface area contributed by atoms with Crippen molar-refractivity contribution in [2.24, 2.45) is 0 Å². The Morgan fingerprint density at radius 3 is 2.18 bits per heavy atom. The van der Waals surface area contributed by atoms with Crippen LogP contribution >= 0.6 is 0 Å². The maximum absolute atomic E-state index is 12.8. The maximum Gasteiger partial charge on any atom is 0.292 e. The highest BCUT2D eigenvalue weighted by Gasteiger charge is 2.21. The topological polar surface area (TPSA) is 75.5 Å². The molecule has 0 unspecified atom stereocenters. The van der Waals surface area contributed by atoms with Crippen molar-refractivity contribution in [1.82, 2.24) is 9.38 Å². The number of rotatable bonds is 4. The van der Waals surface area contributed by atoms with Gasteiger partial charge in [0.15, 0.2) is 5.69 Å². The zero-order valence-corrected chi connectivity index (χ0v) is 15.2. The summed E-state index contributed by atoms with van der Waals surface area (Å²) in [5, 5.41) is 5.64. The first-order chi connectivity index (χ1) is 13.6. The van der Waals surface area contributed by atoms with Crippen LogP contribution in [0.15, 0.2) is 79.0 Å². The van der Waals surface area contributed by atoms with Gasteiger partial charge in [0.1, 0.15) is 0 Å². The van der Waals surface area contributed by atoms with Crippen molar-refractivity contribution < 1.29 is 9.59 Å². The third kappa shape index (κ3) is 3.48. The second kappa shape index (κ2) is 7.36. The molecule has 2 heterocycles. The number of hydrogen-bond acceptors (Lipinski definition) is 3. The lowest BCUT2D eigenvalue weighted by atomic mass is 10.2. The fourth-order valence-corrected chi connectivity index (χ4v) is 2.90. The largest absolute Gasteiger partial charge is 0.321 e. The Balaban J connectivity index is 1.67. The van der Waals surface area contributed by atoms with Crippen molar-refractivity contribution in [1.29, 1.82) is 0 Å². The second-order valence-electron chi connectivity index (χ2n) is 6.38. The average Bonchev–Trinajstić information content (AvgIpc) is 3.10. The van der Waals surface area contributed by atoms with Gasteiger partial charge >= 0.3 is 0 Å². The number of aromatic nitrogens is 2. The molecule has 0 aliphatic rings. The van der Waals surface area contributed by atoms with Crippen LogP contribution in [0.2, 0.25) is 0 Å². The molecule has 6 nitrogen and oxygen atoms in total. The van der Waals surface area contributed by atoms with Crippen LogP contribution in [0.4, 0.5) is 11.4 Å². The third-order valence-corrected chi connectivity index (χ3v) is 4.31. The lowest BCUT2D eigenvalue weighted by Gasteiger charge is -2.04. The fourth-order valence-electron chi connectivity index (χ4n) is 2.90. The molecule has 0 saturated heterocycles. The molecule has 28 heavy (non-hydrogen) atoms. The van der Waals surface area contributed by atoms with Gasteiger partial charge in [0.2, 0.25) is 5.82 Å². The van der Waals surface area contributed by atoms with Crippen LogP contribution in [-0.2, 0) is 0 Å². The molecular weight excluding hydrogens is 352 g/mol. The smallest absolute Gasteiger partial charge is 0.292 e. The normalized spacial score (nSPS) is 10.6. The van der Waals surface area contributed by atoms with Gasteiger partial charge in [0.25, 0.3) is 11.8 Å². The monoisotopic (exact) mass is 370 g/mol. The molecule has 0 aliphatic carbocycles. The molecule has 138 valence electrons. The van der Waals surface area contributed by atoms with Crippen molar-refractivity contribution in [2.45, 2.75) is 6.92 Å². The van der Waals surface area contributed by atoms with E-state index in [4.69, 9.17) is 0 Å². The van der Waals surface area contributed by atoms with Gasteiger partial charge in [-0.05, 0) is 43.3 Å². The number of hydrogen-bond donors (Lipinski definition) is 2. The molecule has 0 radical (unpaired) electrons. The highest BCUT2D eigenvalue weighted by atomic mass is 16.2. The van der Waals surface area contributed by atoms with E-state index in [0.29, 0.717) is 16.9 Å². The van der Waals surface area contributed by atoms with Gasteiger partial charge in [0, 0.05) is 17.6 Å². The number of nitrogens with one attached hydrogen (secondary N) is 2. The predicted octanol–water partition coefficient (Wildman–Crippen LogP) is 4.15. The number of amides is 2. The van der Waals surface area contributed by atoms with Crippen molar-refractivity contribution in [3.63, 3.8) is 0 Å². The number of benzene rings is 2. The fraction of sp³-hybridized carbons (Fsp3) is 0.0455. The van der Waals surface area contributed by atoms with E-state index in [-0.39, 0.29) is 23.3 Å². The van der Waals surface area contributed by atoms with Crippen LogP contribution in [0, 0.1) is 6.92 Å². The zero-order chi connectivity index (χ0) is 19.5. The summed E-state index contributed by atoms with van der Waals surface area (Å²) in [6.07, 6.45) is 1.71.